The van der Waals surface area contributed by atoms with Crippen LogP contribution >= 0.6 is 0 Å². The van der Waals surface area contributed by atoms with Crippen molar-refractivity contribution >= 4 is 34.9 Å². The number of anilines is 1. The second-order valence-corrected chi connectivity index (χ2v) is 18.0. The average Bonchev–Trinajstić information content (AvgIpc) is 3.92. The maximum absolute atomic E-state index is 15.3. The van der Waals surface area contributed by atoms with E-state index in [1.54, 1.807) is 6.07 Å². The number of piperidine rings is 1. The molecule has 9 rings (SSSR count). The lowest BCUT2D eigenvalue weighted by Crippen LogP contribution is -2.82. The summed E-state index contributed by atoms with van der Waals surface area (Å²) in [5.41, 5.74) is 2.64. The van der Waals surface area contributed by atoms with Gasteiger partial charge in [-0.05, 0) is 74.2 Å². The number of aromatic nitrogens is 1. The first-order chi connectivity index (χ1) is 28.4. The van der Waals surface area contributed by atoms with Gasteiger partial charge in [-0.2, -0.15) is 0 Å². The normalized spacial score (nSPS) is 37.0. The molecule has 1 saturated carbocycles. The van der Waals surface area contributed by atoms with Crippen LogP contribution in [0.4, 0.5) is 5.69 Å². The Morgan fingerprint density at radius 2 is 1.83 bits per heavy atom. The summed E-state index contributed by atoms with van der Waals surface area (Å²) in [4.78, 5) is 53.2. The van der Waals surface area contributed by atoms with Crippen molar-refractivity contribution in [3.63, 3.8) is 0 Å². The second-order valence-electron chi connectivity index (χ2n) is 18.0. The first-order valence-electron chi connectivity index (χ1n) is 21.3. The number of para-hydroxylation sites is 1. The van der Waals surface area contributed by atoms with Crippen LogP contribution in [0.2, 0.25) is 0 Å². The summed E-state index contributed by atoms with van der Waals surface area (Å²) in [7, 11) is 2.94. The number of nitrogens with one attached hydrogen (secondary N) is 3. The van der Waals surface area contributed by atoms with Crippen LogP contribution in [0.3, 0.4) is 0 Å². The zero-order chi connectivity index (χ0) is 41.7. The van der Waals surface area contributed by atoms with Crippen LogP contribution < -0.4 is 20.5 Å². The molecule has 1 spiro atoms. The van der Waals surface area contributed by atoms with Gasteiger partial charge >= 0.3 is 5.97 Å². The molecule has 6 aliphatic rings. The van der Waals surface area contributed by atoms with Crippen molar-refractivity contribution in [1.29, 1.82) is 0 Å². The number of aliphatic hydroxyl groups excluding tert-OH is 1. The number of methoxy groups -OCH3 is 2. The van der Waals surface area contributed by atoms with Crippen LogP contribution in [-0.4, -0.2) is 131 Å². The number of aliphatic hydroxyl groups is 3. The molecule has 316 valence electrons. The number of benzene rings is 2. The van der Waals surface area contributed by atoms with Crippen molar-refractivity contribution in [2.75, 3.05) is 58.4 Å². The number of fused-ring (bicyclic) bond motifs is 6. The molecular formula is C45H58N6O8. The lowest BCUT2D eigenvalue weighted by atomic mass is 9.47. The minimum atomic E-state index is -2.47. The standard InChI is InChI=1S/C45H58N6O8/c1-6-41(56)22-27-23-44(40(55)59-5,35-29(14-18-49(24-27)25-41)28-12-9-10-13-32(28)47-35)31-20-30-33(21-34(31)58-4)51(26-52)37-43(30)16-19-50-17-11-15-42(7-2,36(43)50)38(53)45(37,57)39(54)48-46-8-3/h9-13,15,20-21,26-27,36-38,46-47,53,56-57H,6-8,14,16-19,22-25H2,1-5H3,(H,48,54)/t27-,36?,37+,38+,41-,42+,43+,44-,45-/m0/s1. The Morgan fingerprint density at radius 3 is 2.54 bits per heavy atom. The second kappa shape index (κ2) is 14.1. The van der Waals surface area contributed by atoms with Gasteiger partial charge in [0.05, 0.1) is 31.5 Å². The Labute approximate surface area is 344 Å². The average molecular weight is 811 g/mol. The van der Waals surface area contributed by atoms with Crippen LogP contribution in [0.15, 0.2) is 48.6 Å². The highest BCUT2D eigenvalue weighted by Gasteiger charge is 2.79. The summed E-state index contributed by atoms with van der Waals surface area (Å²) in [6, 6.07) is 10.2. The highest BCUT2D eigenvalue weighted by atomic mass is 16.5. The number of hydrogen-bond acceptors (Lipinski definition) is 11. The quantitative estimate of drug-likeness (QED) is 0.0810. The number of nitrogens with zero attached hydrogens (tertiary/aromatic N) is 3. The number of hydrazine groups is 1. The number of H-pyrrole nitrogens is 1. The number of carbonyl (C=O) groups is 3. The van der Waals surface area contributed by atoms with Gasteiger partial charge in [0.25, 0.3) is 5.91 Å². The monoisotopic (exact) mass is 810 g/mol. The van der Waals surface area contributed by atoms with E-state index >= 15 is 4.79 Å². The molecule has 6 N–H and O–H groups in total. The minimum Gasteiger partial charge on any atom is -0.496 e. The van der Waals surface area contributed by atoms with Crippen LogP contribution in [0, 0.1) is 11.3 Å². The molecule has 2 unspecified atom stereocenters. The van der Waals surface area contributed by atoms with Crippen molar-refractivity contribution in [1.82, 2.24) is 25.6 Å². The number of amides is 2. The zero-order valence-corrected chi connectivity index (χ0v) is 34.7. The van der Waals surface area contributed by atoms with Gasteiger partial charge in [0.1, 0.15) is 17.3 Å². The largest absolute Gasteiger partial charge is 0.496 e. The lowest BCUT2D eigenvalue weighted by molar-refractivity contribution is -0.204. The summed E-state index contributed by atoms with van der Waals surface area (Å²) in [6.45, 7) is 9.22. The summed E-state index contributed by atoms with van der Waals surface area (Å²) in [6.07, 6.45) is 5.83. The highest BCUT2D eigenvalue weighted by Crippen LogP contribution is 2.67. The molecular weight excluding hydrogens is 753 g/mol. The maximum atomic E-state index is 15.3. The number of aromatic amines is 1. The van der Waals surface area contributed by atoms with Crippen molar-refractivity contribution in [3.8, 4) is 5.75 Å². The van der Waals surface area contributed by atoms with Gasteiger partial charge < -0.3 is 34.7 Å². The summed E-state index contributed by atoms with van der Waals surface area (Å²) >= 11 is 0. The van der Waals surface area contributed by atoms with E-state index in [1.165, 1.54) is 19.1 Å². The molecule has 2 amide bonds. The van der Waals surface area contributed by atoms with Gasteiger partial charge in [-0.3, -0.25) is 29.6 Å². The predicted octanol–water partition coefficient (Wildman–Crippen LogP) is 2.41. The predicted molar refractivity (Wildman–Crippen MR) is 221 cm³/mol. The van der Waals surface area contributed by atoms with E-state index in [9.17, 15) is 24.9 Å². The third kappa shape index (κ3) is 5.23. The van der Waals surface area contributed by atoms with Crippen molar-refractivity contribution in [3.05, 3.63) is 70.9 Å². The Hall–Kier alpha value is -4.31. The Bertz CT molecular complexity index is 2230. The molecule has 14 heteroatoms. The molecule has 6 heterocycles. The van der Waals surface area contributed by atoms with Gasteiger partial charge in [0, 0.05) is 77.8 Å². The molecule has 2 aromatic carbocycles. The van der Waals surface area contributed by atoms with Crippen molar-refractivity contribution in [2.24, 2.45) is 11.3 Å². The van der Waals surface area contributed by atoms with E-state index in [0.29, 0.717) is 106 Å². The molecule has 2 saturated heterocycles. The van der Waals surface area contributed by atoms with E-state index in [2.05, 4.69) is 31.7 Å². The van der Waals surface area contributed by atoms with Crippen LogP contribution in [-0.2, 0) is 36.4 Å². The van der Waals surface area contributed by atoms with Crippen LogP contribution in [0.1, 0.15) is 75.3 Å². The number of ether oxygens (including phenoxy) is 2. The Morgan fingerprint density at radius 1 is 1.03 bits per heavy atom. The smallest absolute Gasteiger partial charge is 0.322 e. The molecule has 3 aromatic rings. The van der Waals surface area contributed by atoms with E-state index in [0.717, 1.165) is 16.5 Å². The molecule has 0 radical (unpaired) electrons. The van der Waals surface area contributed by atoms with Gasteiger partial charge in [0.2, 0.25) is 6.41 Å². The fourth-order valence-electron chi connectivity index (χ4n) is 13.2. The Kier molecular flexibility index (Phi) is 9.61. The lowest BCUT2D eigenvalue weighted by Gasteiger charge is -2.63. The summed E-state index contributed by atoms with van der Waals surface area (Å²) in [5, 5.41) is 38.7. The van der Waals surface area contributed by atoms with Crippen LogP contribution in [0.5, 0.6) is 5.75 Å². The van der Waals surface area contributed by atoms with E-state index in [-0.39, 0.29) is 12.3 Å². The molecule has 5 aliphatic heterocycles. The summed E-state index contributed by atoms with van der Waals surface area (Å²) in [5.74, 6) is -1.12. The summed E-state index contributed by atoms with van der Waals surface area (Å²) < 4.78 is 12.2. The molecule has 14 nitrogen and oxygen atoms in total. The molecule has 1 aliphatic carbocycles. The first-order valence-corrected chi connectivity index (χ1v) is 21.3. The zero-order valence-electron chi connectivity index (χ0n) is 34.7. The third-order valence-electron chi connectivity index (χ3n) is 15.5. The number of esters is 1. The Balaban J connectivity index is 1.36. The topological polar surface area (TPSA) is 180 Å². The van der Waals surface area contributed by atoms with E-state index in [1.807, 2.05) is 57.2 Å². The fraction of sp³-hybridized carbons (Fsp3) is 0.578. The molecule has 59 heavy (non-hydrogen) atoms. The molecule has 10 atom stereocenters. The SMILES string of the molecule is CCNNC(=O)[C@@]1(O)[C@H](O)[C@]2(CC)C=CCN3CC[C@@]4(c5cc([C@@]6(C(=O)OC)C[C@H]7CN(CCc8c6[nH]c6ccccc86)C[C@](O)(CC)C7)c(OC)cc5N(C=O)[C@@H]14)C32. The molecule has 1 aromatic heterocycles. The molecule has 2 bridgehead atoms. The third-order valence-corrected chi connectivity index (χ3v) is 15.5. The van der Waals surface area contributed by atoms with Gasteiger partial charge in [-0.1, -0.05) is 51.1 Å². The van der Waals surface area contributed by atoms with Crippen molar-refractivity contribution < 1.29 is 39.2 Å². The molecule has 3 fully saturated rings. The minimum absolute atomic E-state index is 0.136. The van der Waals surface area contributed by atoms with Crippen LogP contribution in [0.25, 0.3) is 10.9 Å². The van der Waals surface area contributed by atoms with E-state index in [4.69, 9.17) is 9.47 Å². The number of hydrogen-bond donors (Lipinski definition) is 6. The van der Waals surface area contributed by atoms with Gasteiger partial charge in [-0.25, -0.2) is 5.43 Å². The number of rotatable bonds is 9. The van der Waals surface area contributed by atoms with Gasteiger partial charge in [0.15, 0.2) is 5.60 Å². The van der Waals surface area contributed by atoms with Gasteiger partial charge in [-0.15, -0.1) is 0 Å². The first kappa shape index (κ1) is 40.1. The van der Waals surface area contributed by atoms with Crippen molar-refractivity contribution in [2.45, 2.75) is 99.5 Å². The maximum Gasteiger partial charge on any atom is 0.322 e. The fourth-order valence-corrected chi connectivity index (χ4v) is 13.2. The van der Waals surface area contributed by atoms with E-state index < -0.39 is 57.5 Å². The highest BCUT2D eigenvalue weighted by molar-refractivity contribution is 5.97. The number of carbonyl (C=O) groups excluding carboxylic acids is 3.